The minimum absolute atomic E-state index is 0.859. The average molecular weight is 225 g/mol. The average Bonchev–Trinajstić information content (AvgIpc) is 2.15. The van der Waals surface area contributed by atoms with Crippen molar-refractivity contribution in [3.63, 3.8) is 0 Å². The molecule has 0 amide bonds. The van der Waals surface area contributed by atoms with Gasteiger partial charge in [0.15, 0.2) is 0 Å². The summed E-state index contributed by atoms with van der Waals surface area (Å²) in [6.07, 6.45) is 4.38. The van der Waals surface area contributed by atoms with Crippen LogP contribution in [0.15, 0.2) is 0 Å². The fourth-order valence-electron chi connectivity index (χ4n) is 3.49. The van der Waals surface area contributed by atoms with E-state index >= 15 is 0 Å². The second-order valence-corrected chi connectivity index (χ2v) is 6.75. The number of rotatable bonds is 4. The van der Waals surface area contributed by atoms with Crippen molar-refractivity contribution in [1.82, 2.24) is 4.90 Å². The molecule has 0 aromatic carbocycles. The van der Waals surface area contributed by atoms with E-state index in [-0.39, 0.29) is 0 Å². The highest BCUT2D eigenvalue weighted by molar-refractivity contribution is 4.84. The van der Waals surface area contributed by atoms with Crippen molar-refractivity contribution >= 4 is 0 Å². The fraction of sp³-hybridized carbons (Fsp3) is 1.00. The van der Waals surface area contributed by atoms with Gasteiger partial charge in [0.25, 0.3) is 0 Å². The van der Waals surface area contributed by atoms with Crippen molar-refractivity contribution in [2.75, 3.05) is 20.6 Å². The molecular weight excluding hydrogens is 194 g/mol. The van der Waals surface area contributed by atoms with Gasteiger partial charge < -0.3 is 4.90 Å². The van der Waals surface area contributed by atoms with Crippen molar-refractivity contribution in [2.24, 2.45) is 29.6 Å². The van der Waals surface area contributed by atoms with E-state index in [1.54, 1.807) is 0 Å². The van der Waals surface area contributed by atoms with Crippen molar-refractivity contribution in [2.45, 2.75) is 47.0 Å². The number of hydrogen-bond donors (Lipinski definition) is 0. The van der Waals surface area contributed by atoms with E-state index < -0.39 is 0 Å². The maximum Gasteiger partial charge on any atom is 0.000641 e. The highest BCUT2D eigenvalue weighted by Crippen LogP contribution is 2.40. The third-order valence-electron chi connectivity index (χ3n) is 4.48. The summed E-state index contributed by atoms with van der Waals surface area (Å²) >= 11 is 0. The van der Waals surface area contributed by atoms with Crippen LogP contribution in [0.1, 0.15) is 47.0 Å². The number of hydrogen-bond acceptors (Lipinski definition) is 1. The first-order valence-electron chi connectivity index (χ1n) is 7.06. The van der Waals surface area contributed by atoms with Crippen LogP contribution >= 0.6 is 0 Å². The molecule has 0 radical (unpaired) electrons. The van der Waals surface area contributed by atoms with Gasteiger partial charge in [-0.25, -0.2) is 0 Å². The molecule has 0 aromatic rings. The van der Waals surface area contributed by atoms with Gasteiger partial charge in [-0.2, -0.15) is 0 Å². The quantitative estimate of drug-likeness (QED) is 0.701. The van der Waals surface area contributed by atoms with Gasteiger partial charge in [-0.3, -0.25) is 0 Å². The summed E-state index contributed by atoms with van der Waals surface area (Å²) in [6, 6.07) is 0. The minimum atomic E-state index is 0.859. The van der Waals surface area contributed by atoms with Crippen molar-refractivity contribution in [3.05, 3.63) is 0 Å². The van der Waals surface area contributed by atoms with E-state index in [2.05, 4.69) is 46.7 Å². The van der Waals surface area contributed by atoms with Crippen LogP contribution in [-0.4, -0.2) is 25.5 Å². The van der Waals surface area contributed by atoms with Gasteiger partial charge in [0, 0.05) is 6.54 Å². The summed E-state index contributed by atoms with van der Waals surface area (Å²) in [5, 5.41) is 0. The Morgan fingerprint density at radius 1 is 1.00 bits per heavy atom. The minimum Gasteiger partial charge on any atom is -0.309 e. The molecule has 1 heteroatoms. The lowest BCUT2D eigenvalue weighted by Gasteiger charge is -2.41. The van der Waals surface area contributed by atoms with E-state index in [1.807, 2.05) is 0 Å². The second-order valence-electron chi connectivity index (χ2n) is 6.75. The first kappa shape index (κ1) is 14.0. The van der Waals surface area contributed by atoms with Gasteiger partial charge in [0.1, 0.15) is 0 Å². The molecule has 3 atom stereocenters. The Kier molecular flexibility index (Phi) is 5.30. The van der Waals surface area contributed by atoms with E-state index in [1.165, 1.54) is 25.8 Å². The molecule has 0 saturated heterocycles. The Balaban J connectivity index is 2.61. The molecule has 0 aliphatic heterocycles. The lowest BCUT2D eigenvalue weighted by atomic mass is 9.67. The van der Waals surface area contributed by atoms with E-state index in [0.717, 1.165) is 29.6 Å². The topological polar surface area (TPSA) is 3.24 Å². The van der Waals surface area contributed by atoms with Crippen molar-refractivity contribution in [3.8, 4) is 0 Å². The fourth-order valence-corrected chi connectivity index (χ4v) is 3.49. The van der Waals surface area contributed by atoms with Gasteiger partial charge in [-0.15, -0.1) is 0 Å². The summed E-state index contributed by atoms with van der Waals surface area (Å²) in [4.78, 5) is 2.38. The maximum atomic E-state index is 2.41. The highest BCUT2D eigenvalue weighted by atomic mass is 15.1. The van der Waals surface area contributed by atoms with Crippen molar-refractivity contribution < 1.29 is 0 Å². The van der Waals surface area contributed by atoms with Gasteiger partial charge in [0.05, 0.1) is 0 Å². The molecular formula is C15H31N. The third-order valence-corrected chi connectivity index (χ3v) is 4.48. The molecule has 1 rings (SSSR count). The molecule has 0 N–H and O–H groups in total. The molecule has 0 bridgehead atoms. The van der Waals surface area contributed by atoms with Crippen LogP contribution in [0, 0.1) is 29.6 Å². The summed E-state index contributed by atoms with van der Waals surface area (Å²) in [5.74, 6) is 4.59. The molecule has 1 aliphatic carbocycles. The summed E-state index contributed by atoms with van der Waals surface area (Å²) in [7, 11) is 4.44. The third kappa shape index (κ3) is 3.76. The van der Waals surface area contributed by atoms with Crippen LogP contribution in [0.2, 0.25) is 0 Å². The molecule has 96 valence electrons. The Bertz CT molecular complexity index is 196. The van der Waals surface area contributed by atoms with Crippen LogP contribution in [-0.2, 0) is 0 Å². The lowest BCUT2D eigenvalue weighted by Crippen LogP contribution is -2.36. The Morgan fingerprint density at radius 3 is 2.06 bits per heavy atom. The first-order chi connectivity index (χ1) is 7.41. The van der Waals surface area contributed by atoms with E-state index in [9.17, 15) is 0 Å². The Hall–Kier alpha value is -0.0400. The largest absolute Gasteiger partial charge is 0.309 e. The zero-order chi connectivity index (χ0) is 12.3. The van der Waals surface area contributed by atoms with Gasteiger partial charge >= 0.3 is 0 Å². The normalized spacial score (nSPS) is 31.7. The van der Waals surface area contributed by atoms with Gasteiger partial charge in [-0.1, -0.05) is 27.7 Å². The van der Waals surface area contributed by atoms with Crippen LogP contribution < -0.4 is 0 Å². The Labute approximate surface area is 103 Å². The molecule has 1 fully saturated rings. The molecule has 1 saturated carbocycles. The summed E-state index contributed by atoms with van der Waals surface area (Å²) in [5.41, 5.74) is 0. The van der Waals surface area contributed by atoms with Gasteiger partial charge in [0.2, 0.25) is 0 Å². The summed E-state index contributed by atoms with van der Waals surface area (Å²) < 4.78 is 0. The first-order valence-corrected chi connectivity index (χ1v) is 7.06. The zero-order valence-electron chi connectivity index (χ0n) is 12.2. The molecule has 0 spiro atoms. The van der Waals surface area contributed by atoms with Crippen LogP contribution in [0.25, 0.3) is 0 Å². The maximum absolute atomic E-state index is 2.41. The molecule has 0 heterocycles. The monoisotopic (exact) mass is 225 g/mol. The van der Waals surface area contributed by atoms with Crippen LogP contribution in [0.5, 0.6) is 0 Å². The van der Waals surface area contributed by atoms with Crippen LogP contribution in [0.3, 0.4) is 0 Å². The summed E-state index contributed by atoms with van der Waals surface area (Å²) in [6.45, 7) is 10.9. The van der Waals surface area contributed by atoms with Crippen LogP contribution in [0.4, 0.5) is 0 Å². The van der Waals surface area contributed by atoms with Crippen molar-refractivity contribution in [1.29, 1.82) is 0 Å². The molecule has 16 heavy (non-hydrogen) atoms. The lowest BCUT2D eigenvalue weighted by molar-refractivity contribution is 0.0922. The zero-order valence-corrected chi connectivity index (χ0v) is 12.2. The smallest absolute Gasteiger partial charge is 0.000641 e. The Morgan fingerprint density at radius 2 is 1.62 bits per heavy atom. The molecule has 1 aliphatic rings. The molecule has 0 aromatic heterocycles. The van der Waals surface area contributed by atoms with Gasteiger partial charge in [-0.05, 0) is 62.9 Å². The standard InChI is InChI=1S/C15H31N/c1-11(2)13-7-8-15(12(3)4)14(9-13)10-16(5)6/h11-15H,7-10H2,1-6H3. The second kappa shape index (κ2) is 6.05. The predicted molar refractivity (Wildman–Crippen MR) is 72.6 cm³/mol. The predicted octanol–water partition coefficient (Wildman–Crippen LogP) is 3.89. The molecule has 3 unspecified atom stereocenters. The van der Waals surface area contributed by atoms with E-state index in [4.69, 9.17) is 0 Å². The SMILES string of the molecule is CC(C)C1CCC(C(C)C)C(CN(C)C)C1. The molecule has 1 nitrogen and oxygen atoms in total. The number of nitrogens with zero attached hydrogens (tertiary/aromatic N) is 1. The van der Waals surface area contributed by atoms with E-state index in [0.29, 0.717) is 0 Å². The highest BCUT2D eigenvalue weighted by Gasteiger charge is 2.33.